The summed E-state index contributed by atoms with van der Waals surface area (Å²) < 4.78 is 1.34. The number of aromatic amines is 1. The van der Waals surface area contributed by atoms with Crippen LogP contribution in [-0.2, 0) is 5.33 Å². The van der Waals surface area contributed by atoms with Gasteiger partial charge in [-0.25, -0.2) is 4.79 Å². The first-order valence-electron chi connectivity index (χ1n) is 4.11. The molecule has 0 saturated heterocycles. The summed E-state index contributed by atoms with van der Waals surface area (Å²) in [5.74, 6) is 0.624. The van der Waals surface area contributed by atoms with Crippen LogP contribution in [0.1, 0.15) is 5.82 Å². The van der Waals surface area contributed by atoms with Gasteiger partial charge in [0.1, 0.15) is 5.82 Å². The molecule has 72 valence electrons. The molecule has 0 radical (unpaired) electrons. The topological polar surface area (TPSA) is 50.7 Å². The van der Waals surface area contributed by atoms with E-state index in [-0.39, 0.29) is 5.69 Å². The van der Waals surface area contributed by atoms with Crippen LogP contribution in [0.4, 0.5) is 0 Å². The fraction of sp³-hybridized carbons (Fsp3) is 0.111. The van der Waals surface area contributed by atoms with E-state index in [2.05, 4.69) is 26.0 Å². The normalized spacial score (nSPS) is 10.4. The molecule has 0 bridgehead atoms. The van der Waals surface area contributed by atoms with E-state index >= 15 is 0 Å². The minimum absolute atomic E-state index is 0.217. The van der Waals surface area contributed by atoms with E-state index in [0.29, 0.717) is 11.2 Å². The minimum atomic E-state index is -0.217. The van der Waals surface area contributed by atoms with Gasteiger partial charge in [0.2, 0.25) is 0 Å². The smallest absolute Gasteiger partial charge is 0.292 e. The maximum Gasteiger partial charge on any atom is 0.348 e. The van der Waals surface area contributed by atoms with Crippen LogP contribution in [0.15, 0.2) is 35.1 Å². The first-order chi connectivity index (χ1) is 6.81. The highest BCUT2D eigenvalue weighted by molar-refractivity contribution is 9.08. The predicted molar refractivity (Wildman–Crippen MR) is 56.8 cm³/mol. The Morgan fingerprint density at radius 3 is 2.64 bits per heavy atom. The van der Waals surface area contributed by atoms with Gasteiger partial charge in [-0.1, -0.05) is 34.1 Å². The zero-order valence-electron chi connectivity index (χ0n) is 7.27. The molecule has 14 heavy (non-hydrogen) atoms. The largest absolute Gasteiger partial charge is 0.348 e. The number of para-hydroxylation sites is 1. The number of halogens is 1. The molecule has 1 aromatic heterocycles. The van der Waals surface area contributed by atoms with Crippen molar-refractivity contribution in [1.29, 1.82) is 0 Å². The molecule has 0 atom stereocenters. The molecule has 0 spiro atoms. The third kappa shape index (κ3) is 1.63. The molecule has 0 fully saturated rings. The maximum absolute atomic E-state index is 11.4. The quantitative estimate of drug-likeness (QED) is 0.825. The van der Waals surface area contributed by atoms with Crippen molar-refractivity contribution in [1.82, 2.24) is 14.8 Å². The van der Waals surface area contributed by atoms with E-state index in [4.69, 9.17) is 0 Å². The Bertz CT molecular complexity index is 474. The first-order valence-corrected chi connectivity index (χ1v) is 5.23. The van der Waals surface area contributed by atoms with Crippen LogP contribution in [0.3, 0.4) is 0 Å². The van der Waals surface area contributed by atoms with Gasteiger partial charge in [0.15, 0.2) is 0 Å². The molecule has 2 rings (SSSR count). The zero-order valence-corrected chi connectivity index (χ0v) is 8.86. The van der Waals surface area contributed by atoms with E-state index in [1.807, 2.05) is 30.3 Å². The molecule has 1 heterocycles. The van der Waals surface area contributed by atoms with Crippen molar-refractivity contribution >= 4 is 15.9 Å². The van der Waals surface area contributed by atoms with Crippen LogP contribution in [0.2, 0.25) is 0 Å². The summed E-state index contributed by atoms with van der Waals surface area (Å²) >= 11 is 3.23. The lowest BCUT2D eigenvalue weighted by molar-refractivity contribution is 0.832. The van der Waals surface area contributed by atoms with Crippen molar-refractivity contribution < 1.29 is 0 Å². The summed E-state index contributed by atoms with van der Waals surface area (Å²) in [5, 5.41) is 4.64. The summed E-state index contributed by atoms with van der Waals surface area (Å²) in [6.07, 6.45) is 0. The Morgan fingerprint density at radius 1 is 1.36 bits per heavy atom. The maximum atomic E-state index is 11.4. The van der Waals surface area contributed by atoms with Crippen LogP contribution in [0, 0.1) is 0 Å². The Labute approximate surface area is 88.7 Å². The summed E-state index contributed by atoms with van der Waals surface area (Å²) in [6, 6.07) is 9.29. The summed E-state index contributed by atoms with van der Waals surface area (Å²) in [7, 11) is 0. The highest BCUT2D eigenvalue weighted by atomic mass is 79.9. The van der Waals surface area contributed by atoms with Crippen LogP contribution < -0.4 is 5.69 Å². The summed E-state index contributed by atoms with van der Waals surface area (Å²) in [5.41, 5.74) is 0.548. The zero-order chi connectivity index (χ0) is 9.97. The molecule has 4 nitrogen and oxygen atoms in total. The molecular formula is C9H8BrN3O. The number of aromatic nitrogens is 3. The van der Waals surface area contributed by atoms with E-state index < -0.39 is 0 Å². The summed E-state index contributed by atoms with van der Waals surface area (Å²) in [4.78, 5) is 14.1. The van der Waals surface area contributed by atoms with Crippen molar-refractivity contribution in [3.8, 4) is 5.69 Å². The van der Waals surface area contributed by atoms with Crippen LogP contribution in [-0.4, -0.2) is 14.8 Å². The van der Waals surface area contributed by atoms with Gasteiger partial charge < -0.3 is 0 Å². The van der Waals surface area contributed by atoms with Gasteiger partial charge in [0.05, 0.1) is 11.0 Å². The molecule has 5 heteroatoms. The second-order valence-corrected chi connectivity index (χ2v) is 3.32. The van der Waals surface area contributed by atoms with Crippen molar-refractivity contribution in [2.45, 2.75) is 5.33 Å². The van der Waals surface area contributed by atoms with E-state index in [9.17, 15) is 4.79 Å². The van der Waals surface area contributed by atoms with Gasteiger partial charge >= 0.3 is 5.69 Å². The van der Waals surface area contributed by atoms with Crippen molar-refractivity contribution in [3.05, 3.63) is 46.6 Å². The average Bonchev–Trinajstić information content (AvgIpc) is 2.61. The third-order valence-electron chi connectivity index (χ3n) is 1.79. The lowest BCUT2D eigenvalue weighted by atomic mass is 10.3. The third-order valence-corrected chi connectivity index (χ3v) is 2.32. The van der Waals surface area contributed by atoms with Gasteiger partial charge in [-0.3, -0.25) is 4.98 Å². The monoisotopic (exact) mass is 253 g/mol. The fourth-order valence-electron chi connectivity index (χ4n) is 1.17. The van der Waals surface area contributed by atoms with Crippen LogP contribution in [0.5, 0.6) is 0 Å². The molecule has 0 unspecified atom stereocenters. The number of H-pyrrole nitrogens is 1. The molecular weight excluding hydrogens is 246 g/mol. The Kier molecular flexibility index (Phi) is 2.49. The van der Waals surface area contributed by atoms with E-state index in [1.165, 1.54) is 4.68 Å². The van der Waals surface area contributed by atoms with Crippen molar-refractivity contribution in [2.24, 2.45) is 0 Å². The second-order valence-electron chi connectivity index (χ2n) is 2.76. The summed E-state index contributed by atoms with van der Waals surface area (Å²) in [6.45, 7) is 0. The number of benzene rings is 1. The number of hydrogen-bond donors (Lipinski definition) is 1. The Balaban J connectivity index is 2.52. The van der Waals surface area contributed by atoms with Gasteiger partial charge in [-0.2, -0.15) is 4.68 Å². The van der Waals surface area contributed by atoms with Crippen LogP contribution >= 0.6 is 15.9 Å². The standard InChI is InChI=1S/C9H8BrN3O/c10-6-8-11-9(14)13(12-8)7-4-2-1-3-5-7/h1-5H,6H2,(H,11,12,14). The van der Waals surface area contributed by atoms with Gasteiger partial charge in [-0.05, 0) is 12.1 Å². The minimum Gasteiger partial charge on any atom is -0.292 e. The second kappa shape index (κ2) is 3.79. The molecule has 0 aliphatic rings. The lowest BCUT2D eigenvalue weighted by Gasteiger charge is -1.96. The van der Waals surface area contributed by atoms with Gasteiger partial charge in [0.25, 0.3) is 0 Å². The molecule has 0 aliphatic heterocycles. The van der Waals surface area contributed by atoms with E-state index in [0.717, 1.165) is 5.69 Å². The molecule has 1 N–H and O–H groups in total. The lowest BCUT2D eigenvalue weighted by Crippen LogP contribution is -2.15. The predicted octanol–water partition coefficient (Wildman–Crippen LogP) is 1.46. The SMILES string of the molecule is O=c1[nH]c(CBr)nn1-c1ccccc1. The first kappa shape index (κ1) is 9.21. The highest BCUT2D eigenvalue weighted by Crippen LogP contribution is 2.03. The Hall–Kier alpha value is -1.36. The fourth-order valence-corrected chi connectivity index (χ4v) is 1.42. The average molecular weight is 254 g/mol. The molecule has 0 aliphatic carbocycles. The molecule has 0 amide bonds. The van der Waals surface area contributed by atoms with Crippen molar-refractivity contribution in [2.75, 3.05) is 0 Å². The molecule has 1 aromatic carbocycles. The number of alkyl halides is 1. The van der Waals surface area contributed by atoms with Crippen LogP contribution in [0.25, 0.3) is 5.69 Å². The van der Waals surface area contributed by atoms with Crippen molar-refractivity contribution in [3.63, 3.8) is 0 Å². The molecule has 0 saturated carbocycles. The number of rotatable bonds is 2. The molecule has 2 aromatic rings. The van der Waals surface area contributed by atoms with E-state index in [1.54, 1.807) is 0 Å². The Morgan fingerprint density at radius 2 is 2.07 bits per heavy atom. The number of nitrogens with zero attached hydrogens (tertiary/aromatic N) is 2. The number of nitrogens with one attached hydrogen (secondary N) is 1. The number of hydrogen-bond acceptors (Lipinski definition) is 2. The highest BCUT2D eigenvalue weighted by Gasteiger charge is 2.04. The van der Waals surface area contributed by atoms with Gasteiger partial charge in [-0.15, -0.1) is 5.10 Å². The van der Waals surface area contributed by atoms with Gasteiger partial charge in [0, 0.05) is 0 Å².